The monoisotopic (exact) mass is 491 g/mol. The highest BCUT2D eigenvalue weighted by molar-refractivity contribution is 7.99. The van der Waals surface area contributed by atoms with E-state index < -0.39 is 11.7 Å². The summed E-state index contributed by atoms with van der Waals surface area (Å²) in [7, 11) is 0. The Balaban J connectivity index is 1.36. The van der Waals surface area contributed by atoms with Crippen LogP contribution < -0.4 is 4.90 Å². The summed E-state index contributed by atoms with van der Waals surface area (Å²) < 4.78 is 46.3. The number of carbonyl (C=O) groups excluding carboxylic acids is 1. The van der Waals surface area contributed by atoms with Gasteiger partial charge in [-0.25, -0.2) is 0 Å². The third-order valence-corrected chi connectivity index (χ3v) is 6.58. The van der Waals surface area contributed by atoms with Crippen LogP contribution in [0.2, 0.25) is 0 Å². The number of carbonyl (C=O) groups is 1. The van der Waals surface area contributed by atoms with Crippen molar-refractivity contribution in [1.29, 1.82) is 0 Å². The predicted molar refractivity (Wildman–Crippen MR) is 124 cm³/mol. The van der Waals surface area contributed by atoms with Gasteiger partial charge in [0, 0.05) is 38.4 Å². The lowest BCUT2D eigenvalue weighted by atomic mass is 10.1. The molecule has 180 valence electrons. The maximum Gasteiger partial charge on any atom is 0.416 e. The van der Waals surface area contributed by atoms with Crippen molar-refractivity contribution in [3.8, 4) is 11.4 Å². The zero-order valence-electron chi connectivity index (χ0n) is 18.6. The molecule has 3 heterocycles. The van der Waals surface area contributed by atoms with E-state index in [0.29, 0.717) is 49.4 Å². The fourth-order valence-corrected chi connectivity index (χ4v) is 4.67. The van der Waals surface area contributed by atoms with Crippen LogP contribution in [-0.2, 0) is 17.5 Å². The van der Waals surface area contributed by atoms with Crippen LogP contribution in [0.5, 0.6) is 0 Å². The number of hydrogen-bond donors (Lipinski definition) is 0. The predicted octanol–water partition coefficient (Wildman–Crippen LogP) is 4.49. The Bertz CT molecular complexity index is 1170. The van der Waals surface area contributed by atoms with Crippen LogP contribution in [0.3, 0.4) is 0 Å². The van der Waals surface area contributed by atoms with Gasteiger partial charge in [0.2, 0.25) is 5.91 Å². The van der Waals surface area contributed by atoms with Gasteiger partial charge in [0.05, 0.1) is 23.1 Å². The van der Waals surface area contributed by atoms with Crippen molar-refractivity contribution in [1.82, 2.24) is 19.7 Å². The fraction of sp³-hybridized carbons (Fsp3) is 0.348. The summed E-state index contributed by atoms with van der Waals surface area (Å²) >= 11 is 1.30. The van der Waals surface area contributed by atoms with E-state index in [4.69, 9.17) is 4.42 Å². The molecule has 3 aromatic rings. The number of aryl methyl sites for hydroxylation is 1. The quantitative estimate of drug-likeness (QED) is 0.358. The van der Waals surface area contributed by atoms with Crippen molar-refractivity contribution < 1.29 is 22.4 Å². The molecule has 0 saturated carbocycles. The molecular weight excluding hydrogens is 467 g/mol. The van der Waals surface area contributed by atoms with Crippen molar-refractivity contribution in [3.05, 3.63) is 60.6 Å². The highest BCUT2D eigenvalue weighted by Crippen LogP contribution is 2.32. The van der Waals surface area contributed by atoms with E-state index in [9.17, 15) is 18.0 Å². The Labute approximate surface area is 199 Å². The first kappa shape index (κ1) is 23.9. The second kappa shape index (κ2) is 9.96. The normalized spacial score (nSPS) is 14.5. The molecule has 0 N–H and O–H groups in total. The summed E-state index contributed by atoms with van der Waals surface area (Å²) in [5, 5.41) is 9.12. The van der Waals surface area contributed by atoms with Gasteiger partial charge in [0.1, 0.15) is 5.76 Å². The number of rotatable bonds is 7. The van der Waals surface area contributed by atoms with Gasteiger partial charge < -0.3 is 14.2 Å². The van der Waals surface area contributed by atoms with Crippen molar-refractivity contribution in [2.24, 2.45) is 0 Å². The van der Waals surface area contributed by atoms with Gasteiger partial charge in [0.15, 0.2) is 11.0 Å². The molecule has 11 heteroatoms. The Morgan fingerprint density at radius 1 is 1.21 bits per heavy atom. The van der Waals surface area contributed by atoms with Crippen LogP contribution in [0.15, 0.2) is 58.8 Å². The van der Waals surface area contributed by atoms with E-state index in [1.807, 2.05) is 22.5 Å². The molecule has 1 aliphatic heterocycles. The highest BCUT2D eigenvalue weighted by Gasteiger charge is 2.31. The number of aromatic nitrogens is 3. The molecule has 1 aliphatic rings. The maximum atomic E-state index is 13.0. The van der Waals surface area contributed by atoms with E-state index in [1.165, 1.54) is 17.8 Å². The Hall–Kier alpha value is -3.21. The summed E-state index contributed by atoms with van der Waals surface area (Å²) in [6.45, 7) is 7.93. The number of alkyl halides is 3. The third-order valence-electron chi connectivity index (χ3n) is 5.62. The Morgan fingerprint density at radius 2 is 1.97 bits per heavy atom. The van der Waals surface area contributed by atoms with Crippen LogP contribution in [0.25, 0.3) is 11.4 Å². The van der Waals surface area contributed by atoms with Crippen LogP contribution in [0, 0.1) is 6.92 Å². The van der Waals surface area contributed by atoms with E-state index in [2.05, 4.69) is 16.8 Å². The molecule has 2 aromatic heterocycles. The van der Waals surface area contributed by atoms with Crippen LogP contribution in [0.1, 0.15) is 11.3 Å². The van der Waals surface area contributed by atoms with Gasteiger partial charge in [-0.2, -0.15) is 13.2 Å². The van der Waals surface area contributed by atoms with Crippen molar-refractivity contribution in [2.45, 2.75) is 24.8 Å². The average molecular weight is 492 g/mol. The SMILES string of the molecule is C=CCn1c(SCC(=O)N2CCN(c3cccc(C(F)(F)F)c3)CC2)nnc1-c1ccoc1C. The smallest absolute Gasteiger partial charge is 0.416 e. The first-order chi connectivity index (χ1) is 16.3. The maximum absolute atomic E-state index is 13.0. The molecule has 7 nitrogen and oxygen atoms in total. The van der Waals surface area contributed by atoms with E-state index in [-0.39, 0.29) is 11.7 Å². The molecule has 1 aromatic carbocycles. The molecule has 4 rings (SSSR count). The van der Waals surface area contributed by atoms with E-state index in [0.717, 1.165) is 23.5 Å². The van der Waals surface area contributed by atoms with Gasteiger partial charge >= 0.3 is 6.18 Å². The zero-order valence-corrected chi connectivity index (χ0v) is 19.4. The van der Waals surface area contributed by atoms with Crippen molar-refractivity contribution in [3.63, 3.8) is 0 Å². The van der Waals surface area contributed by atoms with Crippen LogP contribution in [0.4, 0.5) is 18.9 Å². The summed E-state index contributed by atoms with van der Waals surface area (Å²) in [6, 6.07) is 7.10. The lowest BCUT2D eigenvalue weighted by Gasteiger charge is -2.36. The van der Waals surface area contributed by atoms with Gasteiger partial charge in [-0.05, 0) is 31.2 Å². The number of nitrogens with zero attached hydrogens (tertiary/aromatic N) is 5. The molecule has 1 fully saturated rings. The minimum absolute atomic E-state index is 0.0529. The second-order valence-corrected chi connectivity index (χ2v) is 8.74. The molecular formula is C23H24F3N5O2S. The summed E-state index contributed by atoms with van der Waals surface area (Å²) in [5.41, 5.74) is 0.669. The van der Waals surface area contributed by atoms with Crippen LogP contribution in [-0.4, -0.2) is 57.5 Å². The minimum Gasteiger partial charge on any atom is -0.469 e. The van der Waals surface area contributed by atoms with Crippen molar-refractivity contribution in [2.75, 3.05) is 36.8 Å². The number of anilines is 1. The Morgan fingerprint density at radius 3 is 2.62 bits per heavy atom. The number of hydrogen-bond acceptors (Lipinski definition) is 6. The molecule has 0 radical (unpaired) electrons. The molecule has 1 saturated heterocycles. The minimum atomic E-state index is -4.38. The fourth-order valence-electron chi connectivity index (χ4n) is 3.82. The van der Waals surface area contributed by atoms with E-state index >= 15 is 0 Å². The summed E-state index contributed by atoms with van der Waals surface area (Å²) in [5.74, 6) is 1.51. The molecule has 0 bridgehead atoms. The Kier molecular flexibility index (Phi) is 7.01. The average Bonchev–Trinajstić information content (AvgIpc) is 3.43. The standard InChI is InChI=1S/C23H24F3N5O2S/c1-3-8-31-21(19-7-13-33-16(19)2)27-28-22(31)34-15-20(32)30-11-9-29(10-12-30)18-6-4-5-17(14-18)23(24,25)26/h3-7,13-14H,1,8-12,15H2,2H3. The molecule has 0 aliphatic carbocycles. The van der Waals surface area contributed by atoms with Crippen LogP contribution >= 0.6 is 11.8 Å². The number of halogens is 3. The van der Waals surface area contributed by atoms with Gasteiger partial charge in [-0.1, -0.05) is 23.9 Å². The number of allylic oxidation sites excluding steroid dienone is 1. The van der Waals surface area contributed by atoms with Gasteiger partial charge in [-0.3, -0.25) is 9.36 Å². The molecule has 0 atom stereocenters. The molecule has 1 amide bonds. The zero-order chi connectivity index (χ0) is 24.3. The number of benzene rings is 1. The number of piperazine rings is 1. The molecule has 0 unspecified atom stereocenters. The highest BCUT2D eigenvalue weighted by atomic mass is 32.2. The van der Waals surface area contributed by atoms with E-state index in [1.54, 1.807) is 23.3 Å². The lowest BCUT2D eigenvalue weighted by Crippen LogP contribution is -2.49. The summed E-state index contributed by atoms with van der Waals surface area (Å²) in [4.78, 5) is 16.4. The summed E-state index contributed by atoms with van der Waals surface area (Å²) in [6.07, 6.45) is -1.05. The van der Waals surface area contributed by atoms with Gasteiger partial charge in [0.25, 0.3) is 0 Å². The third kappa shape index (κ3) is 5.14. The largest absolute Gasteiger partial charge is 0.469 e. The number of furan rings is 1. The molecule has 0 spiro atoms. The number of amides is 1. The first-order valence-corrected chi connectivity index (χ1v) is 11.7. The van der Waals surface area contributed by atoms with Gasteiger partial charge in [-0.15, -0.1) is 16.8 Å². The van der Waals surface area contributed by atoms with Crippen molar-refractivity contribution >= 4 is 23.4 Å². The molecule has 34 heavy (non-hydrogen) atoms. The topological polar surface area (TPSA) is 67.4 Å². The lowest BCUT2D eigenvalue weighted by molar-refractivity contribution is -0.137. The second-order valence-electron chi connectivity index (χ2n) is 7.80. The first-order valence-electron chi connectivity index (χ1n) is 10.7. The number of thioether (sulfide) groups is 1.